The monoisotopic (exact) mass is 443 g/mol. The van der Waals surface area contributed by atoms with Gasteiger partial charge in [0.1, 0.15) is 5.76 Å². The zero-order chi connectivity index (χ0) is 23.1. The van der Waals surface area contributed by atoms with Crippen molar-refractivity contribution in [1.29, 1.82) is 0 Å². The van der Waals surface area contributed by atoms with Crippen molar-refractivity contribution in [2.45, 2.75) is 25.9 Å². The van der Waals surface area contributed by atoms with Crippen LogP contribution in [0, 0.1) is 0 Å². The molecule has 2 heterocycles. The molecule has 0 spiro atoms. The second-order valence-corrected chi connectivity index (χ2v) is 7.06. The summed E-state index contributed by atoms with van der Waals surface area (Å²) in [5.41, 5.74) is 0.236. The summed E-state index contributed by atoms with van der Waals surface area (Å²) in [6.07, 6.45) is 3.37. The first kappa shape index (κ1) is 22.9. The summed E-state index contributed by atoms with van der Waals surface area (Å²) < 4.78 is 22.1. The molecule has 0 aliphatic carbocycles. The zero-order valence-corrected chi connectivity index (χ0v) is 18.2. The number of rotatable bonds is 10. The highest BCUT2D eigenvalue weighted by Gasteiger charge is 2.14. The molecule has 10 heteroatoms. The average Bonchev–Trinajstić information content (AvgIpc) is 3.31. The highest BCUT2D eigenvalue weighted by Crippen LogP contribution is 2.29. The highest BCUT2D eigenvalue weighted by atomic mass is 16.5. The van der Waals surface area contributed by atoms with Gasteiger partial charge in [-0.05, 0) is 24.6 Å². The number of methoxy groups -OCH3 is 2. The predicted octanol–water partition coefficient (Wildman–Crippen LogP) is 1.99. The van der Waals surface area contributed by atoms with Crippen molar-refractivity contribution in [2.75, 3.05) is 27.9 Å². The van der Waals surface area contributed by atoms with Gasteiger partial charge in [-0.25, -0.2) is 4.98 Å². The number of nitrogens with zero attached hydrogens (tertiary/aromatic N) is 3. The minimum absolute atomic E-state index is 0.0611. The Labute approximate surface area is 184 Å². The fourth-order valence-electron chi connectivity index (χ4n) is 3.09. The van der Waals surface area contributed by atoms with E-state index in [1.165, 1.54) is 36.3 Å². The maximum Gasteiger partial charge on any atom is 0.306 e. The maximum atomic E-state index is 12.7. The Morgan fingerprint density at radius 2 is 1.94 bits per heavy atom. The lowest BCUT2D eigenvalue weighted by atomic mass is 10.2. The van der Waals surface area contributed by atoms with Crippen molar-refractivity contribution in [3.63, 3.8) is 0 Å². The van der Waals surface area contributed by atoms with E-state index in [1.807, 2.05) is 0 Å². The third-order valence-electron chi connectivity index (χ3n) is 4.86. The molecule has 0 saturated carbocycles. The van der Waals surface area contributed by atoms with Crippen LogP contribution in [0.15, 0.2) is 46.1 Å². The Balaban J connectivity index is 1.51. The molecule has 170 valence electrons. The van der Waals surface area contributed by atoms with Crippen LogP contribution in [0.2, 0.25) is 0 Å². The third-order valence-corrected chi connectivity index (χ3v) is 4.86. The number of carbonyl (C=O) groups is 2. The molecule has 0 bridgehead atoms. The second kappa shape index (κ2) is 10.5. The van der Waals surface area contributed by atoms with Gasteiger partial charge in [-0.2, -0.15) is 0 Å². The van der Waals surface area contributed by atoms with Gasteiger partial charge in [0.25, 0.3) is 11.5 Å². The van der Waals surface area contributed by atoms with Crippen molar-refractivity contribution < 1.29 is 28.2 Å². The van der Waals surface area contributed by atoms with Crippen molar-refractivity contribution in [1.82, 2.24) is 14.5 Å². The second-order valence-electron chi connectivity index (χ2n) is 7.06. The van der Waals surface area contributed by atoms with Gasteiger partial charge in [-0.1, -0.05) is 0 Å². The normalized spacial score (nSPS) is 10.7. The fourth-order valence-corrected chi connectivity index (χ4v) is 3.09. The molecule has 1 amide bonds. The minimum Gasteiger partial charge on any atom is -0.493 e. The van der Waals surface area contributed by atoms with Gasteiger partial charge >= 0.3 is 5.97 Å². The van der Waals surface area contributed by atoms with Gasteiger partial charge in [0.2, 0.25) is 0 Å². The number of furan rings is 1. The molecule has 0 atom stereocenters. The minimum atomic E-state index is -0.516. The number of ether oxygens (including phenoxy) is 3. The van der Waals surface area contributed by atoms with E-state index >= 15 is 0 Å². The molecular weight excluding hydrogens is 418 g/mol. The molecule has 0 unspecified atom stereocenters. The molecule has 0 N–H and O–H groups in total. The van der Waals surface area contributed by atoms with Crippen LogP contribution in [0.3, 0.4) is 0 Å². The number of hydrogen-bond donors (Lipinski definition) is 0. The van der Waals surface area contributed by atoms with E-state index in [0.717, 1.165) is 0 Å². The van der Waals surface area contributed by atoms with Crippen LogP contribution < -0.4 is 15.0 Å². The number of amides is 1. The van der Waals surface area contributed by atoms with Gasteiger partial charge in [0.05, 0.1) is 44.3 Å². The number of carbonyl (C=O) groups excluding carboxylic acids is 2. The van der Waals surface area contributed by atoms with Crippen LogP contribution in [-0.2, 0) is 27.4 Å². The van der Waals surface area contributed by atoms with Gasteiger partial charge in [0, 0.05) is 26.1 Å². The number of aromatic nitrogens is 2. The predicted molar refractivity (Wildman–Crippen MR) is 114 cm³/mol. The topological polar surface area (TPSA) is 113 Å². The van der Waals surface area contributed by atoms with E-state index in [1.54, 1.807) is 31.3 Å². The summed E-state index contributed by atoms with van der Waals surface area (Å²) in [6.45, 7) is 0.213. The lowest BCUT2D eigenvalue weighted by molar-refractivity contribution is -0.151. The molecule has 0 fully saturated rings. The smallest absolute Gasteiger partial charge is 0.306 e. The van der Waals surface area contributed by atoms with Crippen molar-refractivity contribution >= 4 is 22.8 Å². The van der Waals surface area contributed by atoms with E-state index in [0.29, 0.717) is 34.6 Å². The SMILES string of the molecule is COc1cc2ncn(CCCC(=O)OCC(=O)N(C)Cc3ccco3)c(=O)c2cc1OC. The van der Waals surface area contributed by atoms with Crippen LogP contribution in [0.4, 0.5) is 0 Å². The van der Waals surface area contributed by atoms with Gasteiger partial charge in [-0.3, -0.25) is 19.0 Å². The Morgan fingerprint density at radius 1 is 1.19 bits per heavy atom. The molecular formula is C22H25N3O7. The summed E-state index contributed by atoms with van der Waals surface area (Å²) >= 11 is 0. The third kappa shape index (κ3) is 5.45. The lowest BCUT2D eigenvalue weighted by Gasteiger charge is -2.15. The molecule has 3 rings (SSSR count). The maximum absolute atomic E-state index is 12.7. The Bertz CT molecular complexity index is 1140. The lowest BCUT2D eigenvalue weighted by Crippen LogP contribution is -2.30. The Hall–Kier alpha value is -3.82. The number of benzene rings is 1. The molecule has 0 aliphatic rings. The first-order valence-corrected chi connectivity index (χ1v) is 9.96. The van der Waals surface area contributed by atoms with E-state index in [-0.39, 0.29) is 37.6 Å². The number of esters is 1. The van der Waals surface area contributed by atoms with Crippen LogP contribution in [0.5, 0.6) is 11.5 Å². The number of fused-ring (bicyclic) bond motifs is 1. The molecule has 2 aromatic heterocycles. The van der Waals surface area contributed by atoms with E-state index in [2.05, 4.69) is 4.98 Å². The molecule has 10 nitrogen and oxygen atoms in total. The van der Waals surface area contributed by atoms with E-state index in [4.69, 9.17) is 18.6 Å². The summed E-state index contributed by atoms with van der Waals surface area (Å²) in [7, 11) is 4.60. The summed E-state index contributed by atoms with van der Waals surface area (Å²) in [5.74, 6) is 0.698. The Kier molecular flexibility index (Phi) is 7.48. The van der Waals surface area contributed by atoms with Gasteiger partial charge in [-0.15, -0.1) is 0 Å². The number of likely N-dealkylation sites (N-methyl/N-ethyl adjacent to an activating group) is 1. The molecule has 0 aliphatic heterocycles. The standard InChI is InChI=1S/C22H25N3O7/c1-24(12-15-6-5-9-31-15)20(26)13-32-21(27)7-4-8-25-14-23-17-11-19(30-3)18(29-2)10-16(17)22(25)28/h5-6,9-11,14H,4,7-8,12-13H2,1-3H3. The largest absolute Gasteiger partial charge is 0.493 e. The molecule has 0 radical (unpaired) electrons. The number of aryl methyl sites for hydroxylation is 1. The van der Waals surface area contributed by atoms with Crippen molar-refractivity contribution in [3.8, 4) is 11.5 Å². The average molecular weight is 443 g/mol. The number of hydrogen-bond acceptors (Lipinski definition) is 8. The van der Waals surface area contributed by atoms with Crippen molar-refractivity contribution in [2.24, 2.45) is 0 Å². The van der Waals surface area contributed by atoms with Crippen molar-refractivity contribution in [3.05, 3.63) is 53.0 Å². The molecule has 3 aromatic rings. The van der Waals surface area contributed by atoms with Gasteiger partial charge in [0.15, 0.2) is 18.1 Å². The Morgan fingerprint density at radius 3 is 2.62 bits per heavy atom. The van der Waals surface area contributed by atoms with Crippen LogP contribution >= 0.6 is 0 Å². The molecule has 32 heavy (non-hydrogen) atoms. The van der Waals surface area contributed by atoms with Crippen LogP contribution in [0.25, 0.3) is 10.9 Å². The zero-order valence-electron chi connectivity index (χ0n) is 18.2. The first-order chi connectivity index (χ1) is 15.4. The summed E-state index contributed by atoms with van der Waals surface area (Å²) in [6, 6.07) is 6.71. The van der Waals surface area contributed by atoms with Gasteiger partial charge < -0.3 is 23.5 Å². The first-order valence-electron chi connectivity index (χ1n) is 9.96. The molecule has 1 aromatic carbocycles. The summed E-state index contributed by atoms with van der Waals surface area (Å²) in [5, 5.41) is 0.387. The van der Waals surface area contributed by atoms with Crippen LogP contribution in [0.1, 0.15) is 18.6 Å². The quantitative estimate of drug-likeness (QED) is 0.437. The van der Waals surface area contributed by atoms with E-state index < -0.39 is 5.97 Å². The van der Waals surface area contributed by atoms with E-state index in [9.17, 15) is 14.4 Å². The highest BCUT2D eigenvalue weighted by molar-refractivity contribution is 5.82. The fraction of sp³-hybridized carbons (Fsp3) is 0.364. The van der Waals surface area contributed by atoms with Crippen LogP contribution in [-0.4, -0.2) is 54.2 Å². The summed E-state index contributed by atoms with van der Waals surface area (Å²) in [4.78, 5) is 42.5. The molecule has 0 saturated heterocycles.